The van der Waals surface area contributed by atoms with Gasteiger partial charge in [-0.25, -0.2) is 0 Å². The summed E-state index contributed by atoms with van der Waals surface area (Å²) in [6.45, 7) is 7.08. The first kappa shape index (κ1) is 12.9. The Morgan fingerprint density at radius 1 is 1.39 bits per heavy atom. The van der Waals surface area contributed by atoms with Crippen LogP contribution >= 0.6 is 0 Å². The molecule has 2 unspecified atom stereocenters. The Bertz CT molecular complexity index is 456. The molecule has 0 N–H and O–H groups in total. The van der Waals surface area contributed by atoms with E-state index in [1.165, 1.54) is 6.42 Å². The van der Waals surface area contributed by atoms with Gasteiger partial charge in [0.05, 0.1) is 18.4 Å². The number of carbonyl (C=O) groups excluding carboxylic acids is 1. The fraction of sp³-hybridized carbons (Fsp3) is 0.533. The van der Waals surface area contributed by atoms with Gasteiger partial charge in [0.1, 0.15) is 5.75 Å². The first-order chi connectivity index (χ1) is 8.54. The highest BCUT2D eigenvalue weighted by Gasteiger charge is 2.29. The third-order valence-corrected chi connectivity index (χ3v) is 3.67. The van der Waals surface area contributed by atoms with Crippen molar-refractivity contribution in [2.75, 3.05) is 18.6 Å². The Labute approximate surface area is 109 Å². The maximum absolute atomic E-state index is 11.9. The van der Waals surface area contributed by atoms with E-state index in [0.29, 0.717) is 23.3 Å². The van der Waals surface area contributed by atoms with Gasteiger partial charge < -0.3 is 9.64 Å². The van der Waals surface area contributed by atoms with Gasteiger partial charge in [0, 0.05) is 12.6 Å². The number of nitrogens with zero attached hydrogens (tertiary/aromatic N) is 1. The molecule has 18 heavy (non-hydrogen) atoms. The van der Waals surface area contributed by atoms with Crippen LogP contribution in [0.15, 0.2) is 18.2 Å². The lowest BCUT2D eigenvalue weighted by molar-refractivity contribution is 0.101. The van der Waals surface area contributed by atoms with Crippen LogP contribution in [-0.2, 0) is 0 Å². The molecule has 1 aromatic rings. The lowest BCUT2D eigenvalue weighted by Gasteiger charge is -2.26. The molecular formula is C15H21NO2. The molecule has 2 rings (SSSR count). The molecule has 0 aliphatic carbocycles. The minimum absolute atomic E-state index is 0.0641. The Hall–Kier alpha value is -1.51. The molecule has 3 heteroatoms. The van der Waals surface area contributed by atoms with E-state index in [-0.39, 0.29) is 5.78 Å². The molecule has 1 aliphatic heterocycles. The van der Waals surface area contributed by atoms with Gasteiger partial charge in [-0.15, -0.1) is 0 Å². The summed E-state index contributed by atoms with van der Waals surface area (Å²) in [5, 5.41) is 0. The van der Waals surface area contributed by atoms with Gasteiger partial charge in [-0.3, -0.25) is 4.79 Å². The van der Waals surface area contributed by atoms with Crippen molar-refractivity contribution in [1.29, 1.82) is 0 Å². The molecule has 1 fully saturated rings. The summed E-state index contributed by atoms with van der Waals surface area (Å²) in [4.78, 5) is 14.2. The molecule has 0 amide bonds. The Morgan fingerprint density at radius 2 is 2.11 bits per heavy atom. The summed E-state index contributed by atoms with van der Waals surface area (Å²) in [7, 11) is 1.61. The highest BCUT2D eigenvalue weighted by atomic mass is 16.5. The molecule has 1 aromatic carbocycles. The molecule has 3 nitrogen and oxygen atoms in total. The van der Waals surface area contributed by atoms with E-state index in [9.17, 15) is 4.79 Å². The quantitative estimate of drug-likeness (QED) is 0.768. The summed E-state index contributed by atoms with van der Waals surface area (Å²) in [5.41, 5.74) is 1.72. The lowest BCUT2D eigenvalue weighted by atomic mass is 10.1. The van der Waals surface area contributed by atoms with E-state index < -0.39 is 0 Å². The molecular weight excluding hydrogens is 226 g/mol. The Morgan fingerprint density at radius 3 is 2.61 bits per heavy atom. The third-order valence-electron chi connectivity index (χ3n) is 3.67. The number of anilines is 1. The Kier molecular flexibility index (Phi) is 3.60. The largest absolute Gasteiger partial charge is 0.496 e. The number of rotatable bonds is 3. The van der Waals surface area contributed by atoms with E-state index in [4.69, 9.17) is 4.74 Å². The van der Waals surface area contributed by atoms with Gasteiger partial charge >= 0.3 is 0 Å². The third kappa shape index (κ3) is 2.22. The average Bonchev–Trinajstić information content (AvgIpc) is 2.67. The van der Waals surface area contributed by atoms with E-state index in [1.54, 1.807) is 14.0 Å². The summed E-state index contributed by atoms with van der Waals surface area (Å²) >= 11 is 0. The first-order valence-corrected chi connectivity index (χ1v) is 6.49. The van der Waals surface area contributed by atoms with Crippen molar-refractivity contribution in [3.63, 3.8) is 0 Å². The first-order valence-electron chi connectivity index (χ1n) is 6.49. The van der Waals surface area contributed by atoms with Crippen LogP contribution in [0.4, 0.5) is 5.69 Å². The number of ketones is 1. The predicted octanol–water partition coefficient (Wildman–Crippen LogP) is 3.13. The van der Waals surface area contributed by atoms with E-state index >= 15 is 0 Å². The summed E-state index contributed by atoms with van der Waals surface area (Å²) < 4.78 is 5.32. The van der Waals surface area contributed by atoms with Crippen molar-refractivity contribution >= 4 is 11.5 Å². The highest BCUT2D eigenvalue weighted by Crippen LogP contribution is 2.35. The number of hydrogen-bond donors (Lipinski definition) is 0. The minimum Gasteiger partial charge on any atom is -0.496 e. The molecule has 2 atom stereocenters. The number of Topliss-reactive ketones (excluding diaryl/α,β-unsaturated/α-hetero) is 1. The van der Waals surface area contributed by atoms with E-state index in [2.05, 4.69) is 18.7 Å². The van der Waals surface area contributed by atoms with E-state index in [0.717, 1.165) is 12.2 Å². The zero-order valence-corrected chi connectivity index (χ0v) is 11.6. The monoisotopic (exact) mass is 247 g/mol. The molecule has 0 aromatic heterocycles. The van der Waals surface area contributed by atoms with Crippen LogP contribution in [0.5, 0.6) is 5.75 Å². The lowest BCUT2D eigenvalue weighted by Crippen LogP contribution is -2.28. The number of methoxy groups -OCH3 is 1. The standard InChI is InChI=1S/C15H21NO2/c1-10-8-11(2)16(9-10)13-6-5-7-14(18-4)15(13)12(3)17/h5-7,10-11H,8-9H2,1-4H3. The second-order valence-electron chi connectivity index (χ2n) is 5.25. The molecule has 0 spiro atoms. The van der Waals surface area contributed by atoms with Crippen molar-refractivity contribution in [1.82, 2.24) is 0 Å². The van der Waals surface area contributed by atoms with Crippen LogP contribution in [0.1, 0.15) is 37.6 Å². The zero-order chi connectivity index (χ0) is 13.3. The number of hydrogen-bond acceptors (Lipinski definition) is 3. The van der Waals surface area contributed by atoms with Crippen LogP contribution in [0, 0.1) is 5.92 Å². The van der Waals surface area contributed by atoms with Crippen LogP contribution in [0.25, 0.3) is 0 Å². The second-order valence-corrected chi connectivity index (χ2v) is 5.25. The SMILES string of the molecule is COc1cccc(N2CC(C)CC2C)c1C(C)=O. The fourth-order valence-corrected chi connectivity index (χ4v) is 2.92. The number of ether oxygens (including phenoxy) is 1. The smallest absolute Gasteiger partial charge is 0.165 e. The predicted molar refractivity (Wildman–Crippen MR) is 73.6 cm³/mol. The second kappa shape index (κ2) is 5.01. The topological polar surface area (TPSA) is 29.5 Å². The van der Waals surface area contributed by atoms with Crippen molar-refractivity contribution in [2.24, 2.45) is 5.92 Å². The summed E-state index contributed by atoms with van der Waals surface area (Å²) in [6.07, 6.45) is 1.18. The highest BCUT2D eigenvalue weighted by molar-refractivity contribution is 6.02. The van der Waals surface area contributed by atoms with Gasteiger partial charge in [0.25, 0.3) is 0 Å². The van der Waals surface area contributed by atoms with Crippen molar-refractivity contribution in [3.8, 4) is 5.75 Å². The molecule has 0 bridgehead atoms. The van der Waals surface area contributed by atoms with Gasteiger partial charge in [-0.1, -0.05) is 13.0 Å². The van der Waals surface area contributed by atoms with Gasteiger partial charge in [0.15, 0.2) is 5.78 Å². The van der Waals surface area contributed by atoms with Gasteiger partial charge in [-0.05, 0) is 38.3 Å². The molecule has 1 aliphatic rings. The fourth-order valence-electron chi connectivity index (χ4n) is 2.92. The van der Waals surface area contributed by atoms with Crippen LogP contribution < -0.4 is 9.64 Å². The molecule has 0 saturated carbocycles. The molecule has 98 valence electrons. The van der Waals surface area contributed by atoms with Crippen molar-refractivity contribution < 1.29 is 9.53 Å². The number of benzene rings is 1. The average molecular weight is 247 g/mol. The minimum atomic E-state index is 0.0641. The maximum atomic E-state index is 11.9. The maximum Gasteiger partial charge on any atom is 0.165 e. The number of carbonyl (C=O) groups is 1. The molecule has 1 saturated heterocycles. The summed E-state index contributed by atoms with van der Waals surface area (Å²) in [6, 6.07) is 6.30. The molecule has 0 radical (unpaired) electrons. The van der Waals surface area contributed by atoms with E-state index in [1.807, 2.05) is 18.2 Å². The Balaban J connectivity index is 2.47. The van der Waals surface area contributed by atoms with Crippen molar-refractivity contribution in [2.45, 2.75) is 33.2 Å². The van der Waals surface area contributed by atoms with Crippen LogP contribution in [0.2, 0.25) is 0 Å². The normalized spacial score (nSPS) is 23.2. The van der Waals surface area contributed by atoms with Gasteiger partial charge in [0.2, 0.25) is 0 Å². The van der Waals surface area contributed by atoms with Crippen molar-refractivity contribution in [3.05, 3.63) is 23.8 Å². The zero-order valence-electron chi connectivity index (χ0n) is 11.6. The van der Waals surface area contributed by atoms with Crippen LogP contribution in [-0.4, -0.2) is 25.5 Å². The summed E-state index contributed by atoms with van der Waals surface area (Å²) in [5.74, 6) is 1.41. The van der Waals surface area contributed by atoms with Gasteiger partial charge in [-0.2, -0.15) is 0 Å². The molecule has 1 heterocycles. The van der Waals surface area contributed by atoms with Crippen LogP contribution in [0.3, 0.4) is 0 Å².